The van der Waals surface area contributed by atoms with Crippen LogP contribution in [0.3, 0.4) is 0 Å². The number of aromatic hydroxyl groups is 1. The van der Waals surface area contributed by atoms with E-state index in [1.807, 2.05) is 24.3 Å². The number of para-hydroxylation sites is 1. The SMILES string of the molecule is O=C1/C(=N\c2cc(Cl)cc(Cl)c2)c2ccccc2N1c1ccc(O)cc1. The van der Waals surface area contributed by atoms with Crippen LogP contribution in [0.4, 0.5) is 17.1 Å². The molecule has 6 heteroatoms. The predicted molar refractivity (Wildman–Crippen MR) is 104 cm³/mol. The number of phenols is 1. The Hall–Kier alpha value is -2.82. The van der Waals surface area contributed by atoms with Crippen molar-refractivity contribution in [3.63, 3.8) is 0 Å². The fraction of sp³-hybridized carbons (Fsp3) is 0. The van der Waals surface area contributed by atoms with Gasteiger partial charge in [-0.05, 0) is 48.5 Å². The highest BCUT2D eigenvalue weighted by Gasteiger charge is 2.34. The number of aliphatic imine (C=N–C) groups is 1. The number of carbonyl (C=O) groups is 1. The minimum Gasteiger partial charge on any atom is -0.508 e. The lowest BCUT2D eigenvalue weighted by molar-refractivity contribution is -0.111. The molecular formula is C20H12Cl2N2O2. The first-order chi connectivity index (χ1) is 12.5. The lowest BCUT2D eigenvalue weighted by Crippen LogP contribution is -2.25. The molecule has 1 aliphatic rings. The van der Waals surface area contributed by atoms with Gasteiger partial charge in [0.2, 0.25) is 0 Å². The van der Waals surface area contributed by atoms with E-state index in [4.69, 9.17) is 23.2 Å². The molecular weight excluding hydrogens is 371 g/mol. The molecule has 0 bridgehead atoms. The Morgan fingerprint density at radius 3 is 2.23 bits per heavy atom. The topological polar surface area (TPSA) is 52.9 Å². The molecule has 4 rings (SSSR count). The summed E-state index contributed by atoms with van der Waals surface area (Å²) < 4.78 is 0. The first kappa shape index (κ1) is 16.6. The van der Waals surface area contributed by atoms with E-state index >= 15 is 0 Å². The van der Waals surface area contributed by atoms with Crippen molar-refractivity contribution in [3.05, 3.63) is 82.3 Å². The van der Waals surface area contributed by atoms with E-state index in [1.165, 1.54) is 12.1 Å². The number of nitrogens with zero attached hydrogens (tertiary/aromatic N) is 2. The number of rotatable bonds is 2. The van der Waals surface area contributed by atoms with Crippen molar-refractivity contribution in [2.24, 2.45) is 4.99 Å². The highest BCUT2D eigenvalue weighted by molar-refractivity contribution is 6.56. The van der Waals surface area contributed by atoms with E-state index in [1.54, 1.807) is 35.2 Å². The average Bonchev–Trinajstić information content (AvgIpc) is 2.87. The summed E-state index contributed by atoms with van der Waals surface area (Å²) in [5.74, 6) is -0.121. The molecule has 26 heavy (non-hydrogen) atoms. The number of amides is 1. The second-order valence-electron chi connectivity index (χ2n) is 5.76. The molecule has 3 aromatic rings. The number of benzene rings is 3. The third kappa shape index (κ3) is 2.94. The van der Waals surface area contributed by atoms with Gasteiger partial charge < -0.3 is 5.11 Å². The third-order valence-electron chi connectivity index (χ3n) is 4.00. The Kier molecular flexibility index (Phi) is 4.15. The minimum atomic E-state index is -0.256. The zero-order chi connectivity index (χ0) is 18.3. The van der Waals surface area contributed by atoms with Crippen LogP contribution >= 0.6 is 23.2 Å². The molecule has 1 N–H and O–H groups in total. The summed E-state index contributed by atoms with van der Waals surface area (Å²) in [6.07, 6.45) is 0. The first-order valence-electron chi connectivity index (χ1n) is 7.80. The lowest BCUT2D eigenvalue weighted by Gasteiger charge is -2.16. The molecule has 1 aliphatic heterocycles. The monoisotopic (exact) mass is 382 g/mol. The second-order valence-corrected chi connectivity index (χ2v) is 6.64. The summed E-state index contributed by atoms with van der Waals surface area (Å²) in [6.45, 7) is 0. The van der Waals surface area contributed by atoms with E-state index in [-0.39, 0.29) is 11.7 Å². The molecule has 128 valence electrons. The molecule has 0 atom stereocenters. The van der Waals surface area contributed by atoms with Crippen molar-refractivity contribution in [2.75, 3.05) is 4.90 Å². The smallest absolute Gasteiger partial charge is 0.282 e. The van der Waals surface area contributed by atoms with Gasteiger partial charge in [-0.3, -0.25) is 9.69 Å². The summed E-state index contributed by atoms with van der Waals surface area (Å²) in [5, 5.41) is 10.4. The summed E-state index contributed by atoms with van der Waals surface area (Å²) in [6, 6.07) is 18.8. The molecule has 3 aromatic carbocycles. The predicted octanol–water partition coefficient (Wildman–Crippen LogP) is 5.50. The van der Waals surface area contributed by atoms with Crippen LogP contribution in [0.2, 0.25) is 10.0 Å². The summed E-state index contributed by atoms with van der Waals surface area (Å²) in [4.78, 5) is 19.2. The molecule has 0 radical (unpaired) electrons. The van der Waals surface area contributed by atoms with Gasteiger partial charge in [0.25, 0.3) is 5.91 Å². The number of hydrogen-bond donors (Lipinski definition) is 1. The quantitative estimate of drug-likeness (QED) is 0.636. The van der Waals surface area contributed by atoms with Crippen LogP contribution in [0, 0.1) is 0 Å². The Morgan fingerprint density at radius 1 is 0.885 bits per heavy atom. The van der Waals surface area contributed by atoms with Gasteiger partial charge in [-0.2, -0.15) is 0 Å². The van der Waals surface area contributed by atoms with Gasteiger partial charge in [-0.25, -0.2) is 4.99 Å². The Labute approximate surface area is 159 Å². The molecule has 1 heterocycles. The molecule has 0 fully saturated rings. The van der Waals surface area contributed by atoms with Crippen LogP contribution in [-0.2, 0) is 4.79 Å². The van der Waals surface area contributed by atoms with Gasteiger partial charge in [0.15, 0.2) is 0 Å². The van der Waals surface area contributed by atoms with E-state index in [0.29, 0.717) is 27.1 Å². The van der Waals surface area contributed by atoms with Crippen molar-refractivity contribution in [1.29, 1.82) is 0 Å². The maximum absolute atomic E-state index is 13.1. The van der Waals surface area contributed by atoms with Crippen LogP contribution in [0.25, 0.3) is 0 Å². The zero-order valence-corrected chi connectivity index (χ0v) is 14.9. The van der Waals surface area contributed by atoms with E-state index in [2.05, 4.69) is 4.99 Å². The van der Waals surface area contributed by atoms with Gasteiger partial charge in [0.05, 0.1) is 11.4 Å². The molecule has 0 saturated carbocycles. The maximum atomic E-state index is 13.1. The molecule has 0 aromatic heterocycles. The van der Waals surface area contributed by atoms with Gasteiger partial charge in [0.1, 0.15) is 11.5 Å². The number of fused-ring (bicyclic) bond motifs is 1. The zero-order valence-electron chi connectivity index (χ0n) is 13.4. The first-order valence-corrected chi connectivity index (χ1v) is 8.56. The molecule has 0 aliphatic carbocycles. The minimum absolute atomic E-state index is 0.135. The fourth-order valence-electron chi connectivity index (χ4n) is 2.90. The maximum Gasteiger partial charge on any atom is 0.282 e. The van der Waals surface area contributed by atoms with Gasteiger partial charge in [0, 0.05) is 21.3 Å². The Bertz CT molecular complexity index is 1030. The average molecular weight is 383 g/mol. The van der Waals surface area contributed by atoms with E-state index in [0.717, 1.165) is 11.3 Å². The standard InChI is InChI=1S/C20H12Cl2N2O2/c21-12-9-13(22)11-14(10-12)23-19-17-3-1-2-4-18(17)24(20(19)26)15-5-7-16(25)8-6-15/h1-11,25H/b23-19-. The van der Waals surface area contributed by atoms with Crippen LogP contribution in [0.1, 0.15) is 5.56 Å². The van der Waals surface area contributed by atoms with Gasteiger partial charge in [-0.15, -0.1) is 0 Å². The van der Waals surface area contributed by atoms with Crippen molar-refractivity contribution in [3.8, 4) is 5.75 Å². The van der Waals surface area contributed by atoms with Crippen LogP contribution in [-0.4, -0.2) is 16.7 Å². The van der Waals surface area contributed by atoms with Crippen LogP contribution in [0.15, 0.2) is 71.7 Å². The Morgan fingerprint density at radius 2 is 1.54 bits per heavy atom. The molecule has 0 unspecified atom stereocenters. The number of phenolic OH excluding ortho intramolecular Hbond substituents is 1. The fourth-order valence-corrected chi connectivity index (χ4v) is 3.41. The van der Waals surface area contributed by atoms with Crippen LogP contribution in [0.5, 0.6) is 5.75 Å². The second kappa shape index (κ2) is 6.48. The van der Waals surface area contributed by atoms with Gasteiger partial charge >= 0.3 is 0 Å². The summed E-state index contributed by atoms with van der Waals surface area (Å²) in [7, 11) is 0. The number of halogens is 2. The lowest BCUT2D eigenvalue weighted by atomic mass is 10.1. The van der Waals surface area contributed by atoms with E-state index in [9.17, 15) is 9.90 Å². The largest absolute Gasteiger partial charge is 0.508 e. The third-order valence-corrected chi connectivity index (χ3v) is 4.44. The molecule has 1 amide bonds. The highest BCUT2D eigenvalue weighted by Crippen LogP contribution is 2.37. The number of anilines is 2. The highest BCUT2D eigenvalue weighted by atomic mass is 35.5. The number of hydrogen-bond acceptors (Lipinski definition) is 3. The molecule has 4 nitrogen and oxygen atoms in total. The normalized spacial score (nSPS) is 14.8. The van der Waals surface area contributed by atoms with E-state index < -0.39 is 0 Å². The van der Waals surface area contributed by atoms with Crippen molar-refractivity contribution < 1.29 is 9.90 Å². The Balaban J connectivity index is 1.86. The van der Waals surface area contributed by atoms with Crippen LogP contribution < -0.4 is 4.90 Å². The molecule has 0 spiro atoms. The van der Waals surface area contributed by atoms with Crippen molar-refractivity contribution in [2.45, 2.75) is 0 Å². The number of carbonyl (C=O) groups excluding carboxylic acids is 1. The van der Waals surface area contributed by atoms with Crippen molar-refractivity contribution >= 4 is 51.9 Å². The summed E-state index contributed by atoms with van der Waals surface area (Å²) in [5.41, 5.74) is 2.92. The summed E-state index contributed by atoms with van der Waals surface area (Å²) >= 11 is 12.1. The van der Waals surface area contributed by atoms with Crippen molar-refractivity contribution in [1.82, 2.24) is 0 Å². The molecule has 0 saturated heterocycles. The van der Waals surface area contributed by atoms with Gasteiger partial charge in [-0.1, -0.05) is 41.4 Å².